The van der Waals surface area contributed by atoms with Crippen LogP contribution in [0.2, 0.25) is 56.7 Å². The Labute approximate surface area is 753 Å². The highest BCUT2D eigenvalue weighted by molar-refractivity contribution is 6.76. The number of carbonyl (C=O) groups excluding carboxylic acids is 3. The predicted molar refractivity (Wildman–Crippen MR) is 526 cm³/mol. The minimum absolute atomic E-state index is 0.219. The molecule has 0 aliphatic rings. The van der Waals surface area contributed by atoms with Crippen molar-refractivity contribution in [3.05, 3.63) is 207 Å². The number of nitrogens with two attached hydrogens (primary N) is 1. The molecule has 6 heterocycles. The molecule has 12 aromatic rings. The van der Waals surface area contributed by atoms with E-state index in [9.17, 15) is 19.5 Å². The molecule has 0 fully saturated rings. The number of rotatable bonds is 39. The second-order valence-electron chi connectivity index (χ2n) is 33.4. The van der Waals surface area contributed by atoms with Crippen molar-refractivity contribution in [2.45, 2.75) is 71.6 Å². The van der Waals surface area contributed by atoms with E-state index in [4.69, 9.17) is 56.0 Å². The summed E-state index contributed by atoms with van der Waals surface area (Å²) in [6.07, 6.45) is 9.46. The van der Waals surface area contributed by atoms with Crippen molar-refractivity contribution in [3.8, 4) is 51.0 Å². The van der Waals surface area contributed by atoms with Crippen LogP contribution >= 0.6 is 11.6 Å². The Bertz CT molecular complexity index is 5690. The molecule has 0 saturated carbocycles. The molecule has 674 valence electrons. The molecule has 0 bridgehead atoms. The van der Waals surface area contributed by atoms with Crippen LogP contribution in [0.15, 0.2) is 202 Å². The van der Waals surface area contributed by atoms with Gasteiger partial charge < -0.3 is 104 Å². The highest BCUT2D eigenvalue weighted by Crippen LogP contribution is 2.42. The molecule has 0 saturated heterocycles. The first-order valence-corrected chi connectivity index (χ1v) is 49.5. The van der Waals surface area contributed by atoms with Crippen molar-refractivity contribution in [1.29, 1.82) is 0 Å². The Morgan fingerprint density at radius 1 is 0.433 bits per heavy atom. The summed E-state index contributed by atoms with van der Waals surface area (Å²) in [5, 5.41) is 28.1. The average molecular weight is 1780 g/mol. The van der Waals surface area contributed by atoms with Crippen LogP contribution in [-0.2, 0) is 44.0 Å². The van der Waals surface area contributed by atoms with Gasteiger partial charge in [-0.25, -0.2) is 15.0 Å². The quantitative estimate of drug-likeness (QED) is 0.00619. The van der Waals surface area contributed by atoms with Crippen LogP contribution in [0, 0.1) is 0 Å². The summed E-state index contributed by atoms with van der Waals surface area (Å²) in [7, 11) is 20.5. The monoisotopic (exact) mass is 1780 g/mol. The number of nitrogens with zero attached hydrogens (tertiary/aromatic N) is 15. The average Bonchev–Trinajstić information content (AvgIpc) is 1.66. The van der Waals surface area contributed by atoms with Gasteiger partial charge in [0.05, 0.1) is 89.6 Å². The molecule has 127 heavy (non-hydrogen) atoms. The largest absolute Gasteiger partial charge is 0.495 e. The zero-order valence-electron chi connectivity index (χ0n) is 76.5. The lowest BCUT2D eigenvalue weighted by atomic mass is 10.1. The van der Waals surface area contributed by atoms with Gasteiger partial charge in [-0.15, -0.1) is 0 Å². The number of anilines is 11. The fraction of sp³-hybridized carbons (Fsp3) is 0.330. The van der Waals surface area contributed by atoms with Gasteiger partial charge in [-0.1, -0.05) is 150 Å². The van der Waals surface area contributed by atoms with E-state index in [1.807, 2.05) is 223 Å². The number of benzene rings is 6. The minimum Gasteiger partial charge on any atom is -0.495 e. The number of hydrogen-bond acceptors (Lipinski definition) is 24. The number of carbonyl (C=O) groups is 3. The number of ether oxygens (including phenoxy) is 5. The molecule has 0 atom stereocenters. The third kappa shape index (κ3) is 28.2. The van der Waals surface area contributed by atoms with Crippen LogP contribution in [-0.4, -0.2) is 235 Å². The Kier molecular flexibility index (Phi) is 36.1. The summed E-state index contributed by atoms with van der Waals surface area (Å²) in [6.45, 7) is 31.7. The topological polar surface area (TPSA) is 315 Å². The van der Waals surface area contributed by atoms with Gasteiger partial charge in [-0.2, -0.15) is 15.0 Å². The number of aliphatic hydroxyl groups excluding tert-OH is 1. The van der Waals surface area contributed by atoms with Crippen molar-refractivity contribution in [2.75, 3.05) is 184 Å². The van der Waals surface area contributed by atoms with Crippen LogP contribution in [0.4, 0.5) is 63.1 Å². The lowest BCUT2D eigenvalue weighted by molar-refractivity contribution is -0.112. The molecule has 0 aliphatic carbocycles. The number of aromatic nitrogens is 9. The number of fused-ring (bicyclic) bond motifs is 3. The summed E-state index contributed by atoms with van der Waals surface area (Å²) in [5.74, 6) is 1.52. The maximum atomic E-state index is 12.4. The number of amides is 3. The maximum Gasteiger partial charge on any atom is 0.247 e. The van der Waals surface area contributed by atoms with Gasteiger partial charge in [0.25, 0.3) is 0 Å². The maximum absolute atomic E-state index is 12.4. The first-order valence-electron chi connectivity index (χ1n) is 41.7. The molecule has 0 spiro atoms. The van der Waals surface area contributed by atoms with E-state index in [0.717, 1.165) is 136 Å². The van der Waals surface area contributed by atoms with Crippen molar-refractivity contribution in [1.82, 2.24) is 58.3 Å². The van der Waals surface area contributed by atoms with E-state index in [2.05, 4.69) is 125 Å². The summed E-state index contributed by atoms with van der Waals surface area (Å²) in [5.41, 5.74) is 19.3. The Morgan fingerprint density at radius 3 is 1.09 bits per heavy atom. The van der Waals surface area contributed by atoms with E-state index in [0.29, 0.717) is 89.0 Å². The van der Waals surface area contributed by atoms with Crippen molar-refractivity contribution >= 4 is 142 Å². The third-order valence-electron chi connectivity index (χ3n) is 20.3. The molecule has 33 heteroatoms. The van der Waals surface area contributed by atoms with Gasteiger partial charge >= 0.3 is 0 Å². The first kappa shape index (κ1) is 98.3. The molecule has 3 amide bonds. The molecule has 6 aromatic carbocycles. The molecule has 30 nitrogen and oxygen atoms in total. The Balaban J connectivity index is 0.000000199. The van der Waals surface area contributed by atoms with Crippen LogP contribution in [0.3, 0.4) is 0 Å². The van der Waals surface area contributed by atoms with E-state index in [1.54, 1.807) is 44.2 Å². The van der Waals surface area contributed by atoms with Gasteiger partial charge in [-0.05, 0) is 121 Å². The number of nitrogens with one attached hydrogen (secondary N) is 5. The minimum atomic E-state index is -1.20. The van der Waals surface area contributed by atoms with Crippen molar-refractivity contribution < 1.29 is 43.2 Å². The fourth-order valence-corrected chi connectivity index (χ4v) is 14.7. The zero-order chi connectivity index (χ0) is 92.2. The smallest absolute Gasteiger partial charge is 0.247 e. The van der Waals surface area contributed by atoms with E-state index in [1.165, 1.54) is 18.2 Å². The highest BCUT2D eigenvalue weighted by Gasteiger charge is 2.24. The van der Waals surface area contributed by atoms with Gasteiger partial charge in [0.1, 0.15) is 54.4 Å². The van der Waals surface area contributed by atoms with Crippen LogP contribution in [0.5, 0.6) is 17.2 Å². The molecular formula is C94H124ClN21O9Si2. The second-order valence-corrected chi connectivity index (χ2v) is 45.0. The zero-order valence-corrected chi connectivity index (χ0v) is 79.3. The summed E-state index contributed by atoms with van der Waals surface area (Å²) in [4.78, 5) is 76.9. The van der Waals surface area contributed by atoms with Crippen LogP contribution in [0.25, 0.3) is 66.9 Å². The third-order valence-corrected chi connectivity index (χ3v) is 23.8. The molecule has 12 rings (SSSR count). The molecule has 6 aromatic heterocycles. The molecule has 0 unspecified atom stereocenters. The Morgan fingerprint density at radius 2 is 0.756 bits per heavy atom. The number of hydrogen-bond donors (Lipinski definition) is 7. The summed E-state index contributed by atoms with van der Waals surface area (Å²) < 4.78 is 34.3. The molecule has 8 N–H and O–H groups in total. The second kappa shape index (κ2) is 46.6. The van der Waals surface area contributed by atoms with Gasteiger partial charge in [-0.3, -0.25) is 14.4 Å². The number of aliphatic hydroxyl groups is 1. The number of halogens is 1. The van der Waals surface area contributed by atoms with Crippen molar-refractivity contribution in [3.63, 3.8) is 0 Å². The lowest BCUT2D eigenvalue weighted by Gasteiger charge is -2.26. The standard InChI is InChI=1S/C33H45N7O3Si.C28H33N7O3.C18H22ClN3OSi.C15H24N4O2/c1-9-30(41)34-26-21-27(29(42-5)22-28(26)39(4)18-17-38(2)3)35-33-36-31(24-13-11-10-12-14-24)25-15-16-40(32(25)37-33)23-43-19-20-44(6,7)8;1-6-25(37)29-21-16-22(24(38-5)17-23(21)34(4)15-14-33(2)3)30-28-31-26(19-10-8-7-9-11-19)20-12-13-35(18-36)27(20)32-28;1-24(2,3)12-11-23-13-22-10-9-15-16(14-7-5-4-6-8-14)20-18(19)21-17(15)22;1-6-15(20)17-12-9-11(16)14(21-5)10-13(12)19(4)8-7-18(2)3/h9-16,21-22H,1,17-20,23H2,2-8H3,(H,34,41)(H,35,36,37);6-13,16-17,36H,1,14-15,18H2,2-5H3,(H,29,37)(H,30,31,32);4-10H,11-13H2,1-3H3;6,9-10H,1,7-8,16H2,2-5H3,(H,17,20). The number of methoxy groups -OCH3 is 3. The number of likely N-dealkylation sites (N-methyl/N-ethyl adjacent to an activating group) is 6. The SMILES string of the molecule is C=CC(=O)Nc1cc(N)c(OC)cc1N(C)CCN(C)C.C=CC(=O)Nc1cc(Nc2nc(-c3ccccc3)c3ccn(CO)c3n2)c(OC)cc1N(C)CCN(C)C.C=CC(=O)Nc1cc(Nc2nc(-c3ccccc3)c3ccn(COCC[Si](C)(C)C)c3n2)c(OC)cc1N(C)CCN(C)C.C[Si](C)(C)CCOCn1ccc2c(-c3ccccc3)nc(Cl)nc21. The van der Waals surface area contributed by atoms with E-state index < -0.39 is 16.1 Å². The van der Waals surface area contributed by atoms with Gasteiger partial charge in [0, 0.05) is 159 Å². The van der Waals surface area contributed by atoms with Crippen molar-refractivity contribution in [2.24, 2.45) is 0 Å². The van der Waals surface area contributed by atoms with Gasteiger partial charge in [0.15, 0.2) is 0 Å². The molecule has 0 aliphatic heterocycles. The summed E-state index contributed by atoms with van der Waals surface area (Å²) in [6, 6.07) is 49.0. The van der Waals surface area contributed by atoms with E-state index in [-0.39, 0.29) is 29.7 Å². The Hall–Kier alpha value is -12.5. The highest BCUT2D eigenvalue weighted by atomic mass is 35.5. The van der Waals surface area contributed by atoms with Gasteiger partial charge in [0.2, 0.25) is 34.9 Å². The van der Waals surface area contributed by atoms with Crippen LogP contribution < -0.4 is 61.2 Å². The molecule has 0 radical (unpaired) electrons. The lowest BCUT2D eigenvalue weighted by Crippen LogP contribution is -2.29. The number of nitrogen functional groups attached to an aromatic ring is 1. The molecular weight excluding hydrogens is 1660 g/mol. The fourth-order valence-electron chi connectivity index (χ4n) is 13.0. The predicted octanol–water partition coefficient (Wildman–Crippen LogP) is 16.7. The summed E-state index contributed by atoms with van der Waals surface area (Å²) >= 11 is 6.15. The normalized spacial score (nSPS) is 11.3. The first-order chi connectivity index (χ1) is 60.6. The van der Waals surface area contributed by atoms with Crippen LogP contribution in [0.1, 0.15) is 0 Å². The van der Waals surface area contributed by atoms with E-state index >= 15 is 0 Å².